The van der Waals surface area contributed by atoms with Crippen molar-refractivity contribution in [2.24, 2.45) is 5.92 Å². The van der Waals surface area contributed by atoms with E-state index in [1.165, 1.54) is 11.3 Å². The summed E-state index contributed by atoms with van der Waals surface area (Å²) in [6, 6.07) is 7.26. The minimum Gasteiger partial charge on any atom is -0.483 e. The molecule has 0 saturated heterocycles. The third-order valence-electron chi connectivity index (χ3n) is 5.57. The molecule has 2 aromatic rings. The first-order chi connectivity index (χ1) is 13.1. The lowest BCUT2D eigenvalue weighted by Crippen LogP contribution is -2.39. The van der Waals surface area contributed by atoms with Crippen molar-refractivity contribution in [2.75, 3.05) is 4.90 Å². The van der Waals surface area contributed by atoms with E-state index in [1.807, 2.05) is 29.6 Å². The third-order valence-corrected chi connectivity index (χ3v) is 6.87. The Balaban J connectivity index is 1.65. The fourth-order valence-electron chi connectivity index (χ4n) is 4.34. The van der Waals surface area contributed by atoms with Gasteiger partial charge in [-0.2, -0.15) is 0 Å². The fraction of sp³-hybridized carbons (Fsp3) is 0.350. The van der Waals surface area contributed by atoms with Crippen LogP contribution in [0, 0.1) is 5.92 Å². The van der Waals surface area contributed by atoms with Crippen LogP contribution in [0.5, 0.6) is 0 Å². The number of thiazole rings is 1. The lowest BCUT2D eigenvalue weighted by Gasteiger charge is -2.35. The van der Waals surface area contributed by atoms with Crippen molar-refractivity contribution in [1.82, 2.24) is 4.98 Å². The van der Waals surface area contributed by atoms with Gasteiger partial charge < -0.3 is 4.74 Å². The summed E-state index contributed by atoms with van der Waals surface area (Å²) in [6.45, 7) is 0. The van der Waals surface area contributed by atoms with Gasteiger partial charge in [-0.05, 0) is 37.0 Å². The van der Waals surface area contributed by atoms with E-state index in [9.17, 15) is 9.59 Å². The van der Waals surface area contributed by atoms with Crippen LogP contribution >= 0.6 is 27.3 Å². The molecule has 3 atom stereocenters. The van der Waals surface area contributed by atoms with Crippen LogP contribution in [0.25, 0.3) is 0 Å². The number of ketones is 1. The van der Waals surface area contributed by atoms with Crippen LogP contribution < -0.4 is 4.90 Å². The highest BCUT2D eigenvalue weighted by molar-refractivity contribution is 9.10. The quantitative estimate of drug-likeness (QED) is 0.688. The number of rotatable bonds is 2. The summed E-state index contributed by atoms with van der Waals surface area (Å²) in [5.74, 6) is -0.0997. The number of carbonyl (C=O) groups is 2. The zero-order valence-corrected chi connectivity index (χ0v) is 16.8. The molecule has 0 bridgehead atoms. The number of fused-ring (bicyclic) bond motifs is 1. The first kappa shape index (κ1) is 17.1. The van der Waals surface area contributed by atoms with Crippen LogP contribution in [0.4, 0.5) is 5.13 Å². The van der Waals surface area contributed by atoms with Crippen molar-refractivity contribution in [3.05, 3.63) is 57.2 Å². The van der Waals surface area contributed by atoms with Gasteiger partial charge in [0.2, 0.25) is 0 Å². The van der Waals surface area contributed by atoms with Crippen LogP contribution in [-0.2, 0) is 14.3 Å². The predicted octanol–water partition coefficient (Wildman–Crippen LogP) is 4.41. The number of hydrogen-bond acceptors (Lipinski definition) is 5. The Bertz CT molecular complexity index is 939. The largest absolute Gasteiger partial charge is 0.483 e. The first-order valence-corrected chi connectivity index (χ1v) is 10.8. The molecule has 1 amide bonds. The minimum absolute atomic E-state index is 0.0706. The number of hydrogen-bond donors (Lipinski definition) is 0. The first-order valence-electron chi connectivity index (χ1n) is 9.08. The maximum atomic E-state index is 13.4. The summed E-state index contributed by atoms with van der Waals surface area (Å²) in [7, 11) is 0. The maximum absolute atomic E-state index is 13.4. The van der Waals surface area contributed by atoms with Crippen molar-refractivity contribution in [1.29, 1.82) is 0 Å². The molecule has 3 unspecified atom stereocenters. The molecule has 5 rings (SSSR count). The second kappa shape index (κ2) is 6.56. The van der Waals surface area contributed by atoms with E-state index in [0.717, 1.165) is 35.7 Å². The molecule has 1 aromatic heterocycles. The average molecular weight is 445 g/mol. The lowest BCUT2D eigenvalue weighted by molar-refractivity contribution is -0.131. The number of benzene rings is 1. The molecule has 138 valence electrons. The molecular weight excluding hydrogens is 428 g/mol. The van der Waals surface area contributed by atoms with Gasteiger partial charge in [-0.25, -0.2) is 4.98 Å². The number of Topliss-reactive ketones (excluding diaryl/α,β-unsaturated/α-hetero) is 1. The SMILES string of the molecule is O=C1C2=C(OC3CCCCC13)C(=O)N(c1nccs1)C2c1ccc(Br)cc1. The summed E-state index contributed by atoms with van der Waals surface area (Å²) in [4.78, 5) is 32.6. The van der Waals surface area contributed by atoms with Gasteiger partial charge in [0.05, 0.1) is 17.5 Å². The number of aromatic nitrogens is 1. The number of amides is 1. The normalized spacial score (nSPS) is 27.4. The second-order valence-corrected chi connectivity index (χ2v) is 8.89. The summed E-state index contributed by atoms with van der Waals surface area (Å²) >= 11 is 4.84. The Labute approximate surface area is 169 Å². The minimum atomic E-state index is -0.484. The standard InChI is InChI=1S/C20H17BrN2O3S/c21-12-7-5-11(6-8-12)16-15-17(24)13-3-1-2-4-14(13)26-18(15)19(25)23(16)20-22-9-10-27-20/h5-10,13-14,16H,1-4H2. The van der Waals surface area contributed by atoms with Crippen molar-refractivity contribution >= 4 is 44.1 Å². The summed E-state index contributed by atoms with van der Waals surface area (Å²) in [5.41, 5.74) is 1.39. The molecule has 1 aromatic carbocycles. The number of anilines is 1. The average Bonchev–Trinajstić information content (AvgIpc) is 3.30. The van der Waals surface area contributed by atoms with E-state index >= 15 is 0 Å². The van der Waals surface area contributed by atoms with Crippen LogP contribution in [0.2, 0.25) is 0 Å². The van der Waals surface area contributed by atoms with Gasteiger partial charge >= 0.3 is 0 Å². The maximum Gasteiger partial charge on any atom is 0.296 e. The predicted molar refractivity (Wildman–Crippen MR) is 105 cm³/mol. The zero-order chi connectivity index (χ0) is 18.5. The summed E-state index contributed by atoms with van der Waals surface area (Å²) < 4.78 is 7.08. The molecule has 3 heterocycles. The van der Waals surface area contributed by atoms with Gasteiger partial charge in [0.25, 0.3) is 5.91 Å². The Morgan fingerprint density at radius 1 is 1.15 bits per heavy atom. The highest BCUT2D eigenvalue weighted by atomic mass is 79.9. The Morgan fingerprint density at radius 2 is 1.93 bits per heavy atom. The smallest absolute Gasteiger partial charge is 0.296 e. The zero-order valence-electron chi connectivity index (χ0n) is 14.4. The van der Waals surface area contributed by atoms with Crippen LogP contribution in [-0.4, -0.2) is 22.8 Å². The van der Waals surface area contributed by atoms with Crippen LogP contribution in [0.3, 0.4) is 0 Å². The highest BCUT2D eigenvalue weighted by Gasteiger charge is 2.52. The van der Waals surface area contributed by atoms with Crippen molar-refractivity contribution < 1.29 is 14.3 Å². The van der Waals surface area contributed by atoms with Gasteiger partial charge in [-0.15, -0.1) is 11.3 Å². The topological polar surface area (TPSA) is 59.5 Å². The van der Waals surface area contributed by atoms with E-state index in [4.69, 9.17) is 4.74 Å². The molecule has 0 N–H and O–H groups in total. The van der Waals surface area contributed by atoms with Crippen molar-refractivity contribution in [3.8, 4) is 0 Å². The molecular formula is C20H17BrN2O3S. The molecule has 1 fully saturated rings. The summed E-state index contributed by atoms with van der Waals surface area (Å²) in [5, 5.41) is 2.42. The van der Waals surface area contributed by atoms with E-state index in [2.05, 4.69) is 20.9 Å². The van der Waals surface area contributed by atoms with Crippen LogP contribution in [0.15, 0.2) is 51.6 Å². The summed E-state index contributed by atoms with van der Waals surface area (Å²) in [6.07, 6.45) is 5.24. The highest BCUT2D eigenvalue weighted by Crippen LogP contribution is 2.48. The number of carbonyl (C=O) groups excluding carboxylic acids is 2. The van der Waals surface area contributed by atoms with Gasteiger partial charge in [-0.1, -0.05) is 34.5 Å². The molecule has 27 heavy (non-hydrogen) atoms. The Morgan fingerprint density at radius 3 is 2.67 bits per heavy atom. The fourth-order valence-corrected chi connectivity index (χ4v) is 5.27. The van der Waals surface area contributed by atoms with Gasteiger partial charge in [-0.3, -0.25) is 14.5 Å². The van der Waals surface area contributed by atoms with Crippen molar-refractivity contribution in [2.45, 2.75) is 37.8 Å². The lowest BCUT2D eigenvalue weighted by atomic mass is 9.77. The molecule has 1 aliphatic carbocycles. The van der Waals surface area contributed by atoms with Crippen LogP contribution in [0.1, 0.15) is 37.3 Å². The molecule has 2 aliphatic heterocycles. The van der Waals surface area contributed by atoms with Crippen molar-refractivity contribution in [3.63, 3.8) is 0 Å². The van der Waals surface area contributed by atoms with Gasteiger partial charge in [0.1, 0.15) is 6.10 Å². The molecule has 0 radical (unpaired) electrons. The van der Waals surface area contributed by atoms with E-state index in [-0.39, 0.29) is 29.5 Å². The second-order valence-electron chi connectivity index (χ2n) is 7.10. The monoisotopic (exact) mass is 444 g/mol. The Kier molecular flexibility index (Phi) is 4.16. The molecule has 5 nitrogen and oxygen atoms in total. The van der Waals surface area contributed by atoms with Gasteiger partial charge in [0.15, 0.2) is 16.7 Å². The molecule has 0 spiro atoms. The third kappa shape index (κ3) is 2.67. The van der Waals surface area contributed by atoms with E-state index in [1.54, 1.807) is 11.1 Å². The number of ether oxygens (including phenoxy) is 1. The molecule has 7 heteroatoms. The van der Waals surface area contributed by atoms with E-state index < -0.39 is 6.04 Å². The van der Waals surface area contributed by atoms with Gasteiger partial charge in [0, 0.05) is 16.0 Å². The Hall–Kier alpha value is -1.99. The number of halogens is 1. The molecule has 1 saturated carbocycles. The number of nitrogens with zero attached hydrogens (tertiary/aromatic N) is 2. The van der Waals surface area contributed by atoms with E-state index in [0.29, 0.717) is 10.7 Å². The molecule has 3 aliphatic rings.